The topological polar surface area (TPSA) is 57.2 Å². The lowest BCUT2D eigenvalue weighted by molar-refractivity contribution is 0.0943. The Labute approximate surface area is 190 Å². The Balaban J connectivity index is 1.37. The van der Waals surface area contributed by atoms with Gasteiger partial charge in [0.1, 0.15) is 0 Å². The van der Waals surface area contributed by atoms with Crippen LogP contribution in [0.3, 0.4) is 0 Å². The van der Waals surface area contributed by atoms with Crippen LogP contribution in [0.2, 0.25) is 0 Å². The number of ether oxygens (including phenoxy) is 4. The van der Waals surface area contributed by atoms with Crippen LogP contribution in [-0.2, 0) is 6.42 Å². The minimum atomic E-state index is -0.150. The molecule has 6 nitrogen and oxygen atoms in total. The van der Waals surface area contributed by atoms with E-state index in [1.165, 1.54) is 5.56 Å². The maximum absolute atomic E-state index is 13.3. The van der Waals surface area contributed by atoms with Gasteiger partial charge in [0.25, 0.3) is 0 Å². The van der Waals surface area contributed by atoms with Crippen molar-refractivity contribution in [1.82, 2.24) is 4.90 Å². The molecule has 6 heteroatoms. The predicted octanol–water partition coefficient (Wildman–Crippen LogP) is 4.83. The molecule has 33 heavy (non-hydrogen) atoms. The van der Waals surface area contributed by atoms with Gasteiger partial charge >= 0.3 is 0 Å². The van der Waals surface area contributed by atoms with Crippen LogP contribution >= 0.6 is 0 Å². The first-order chi connectivity index (χ1) is 16.3. The van der Waals surface area contributed by atoms with Crippen molar-refractivity contribution in [3.63, 3.8) is 0 Å². The highest BCUT2D eigenvalue weighted by Gasteiger charge is 2.38. The smallest absolute Gasteiger partial charge is 0.231 e. The van der Waals surface area contributed by atoms with Crippen LogP contribution < -0.4 is 18.9 Å². The van der Waals surface area contributed by atoms with Gasteiger partial charge in [-0.2, -0.15) is 0 Å². The second kappa shape index (κ2) is 7.04. The van der Waals surface area contributed by atoms with E-state index in [0.717, 1.165) is 63.9 Å². The lowest BCUT2D eigenvalue weighted by Crippen LogP contribution is -2.36. The molecule has 0 bridgehead atoms. The Morgan fingerprint density at radius 1 is 0.909 bits per heavy atom. The summed E-state index contributed by atoms with van der Waals surface area (Å²) in [6.45, 7) is 1.25. The number of hydrogen-bond acceptors (Lipinski definition) is 6. The normalized spacial score (nSPS) is 18.8. The molecule has 0 saturated carbocycles. The molecule has 0 aliphatic carbocycles. The van der Waals surface area contributed by atoms with Crippen molar-refractivity contribution in [3.05, 3.63) is 82.4 Å². The average molecular weight is 439 g/mol. The van der Waals surface area contributed by atoms with Gasteiger partial charge < -0.3 is 23.8 Å². The first kappa shape index (κ1) is 18.6. The molecule has 0 amide bonds. The van der Waals surface area contributed by atoms with Crippen molar-refractivity contribution in [1.29, 1.82) is 0 Å². The van der Waals surface area contributed by atoms with E-state index in [9.17, 15) is 4.79 Å². The van der Waals surface area contributed by atoms with Crippen LogP contribution in [0.15, 0.2) is 54.6 Å². The van der Waals surface area contributed by atoms with Gasteiger partial charge in [0.15, 0.2) is 28.8 Å². The van der Waals surface area contributed by atoms with Gasteiger partial charge in [-0.25, -0.2) is 0 Å². The predicted molar refractivity (Wildman–Crippen MR) is 122 cm³/mol. The third-order valence-electron chi connectivity index (χ3n) is 6.89. The molecule has 0 saturated heterocycles. The van der Waals surface area contributed by atoms with Gasteiger partial charge in [0.05, 0.1) is 6.04 Å². The highest BCUT2D eigenvalue weighted by atomic mass is 16.7. The van der Waals surface area contributed by atoms with E-state index in [2.05, 4.69) is 29.2 Å². The summed E-state index contributed by atoms with van der Waals surface area (Å²) in [5, 5.41) is 0. The van der Waals surface area contributed by atoms with E-state index >= 15 is 0 Å². The summed E-state index contributed by atoms with van der Waals surface area (Å²) in [5.74, 6) is 3.18. The summed E-state index contributed by atoms with van der Waals surface area (Å²) in [5.41, 5.74) is 6.28. The fourth-order valence-corrected chi connectivity index (χ4v) is 5.34. The number of carbonyl (C=O) groups is 1. The van der Waals surface area contributed by atoms with Crippen LogP contribution in [0.1, 0.15) is 45.1 Å². The Kier molecular flexibility index (Phi) is 3.97. The number of benzene rings is 3. The first-order valence-corrected chi connectivity index (χ1v) is 11.2. The summed E-state index contributed by atoms with van der Waals surface area (Å²) >= 11 is 0. The fourth-order valence-electron chi connectivity index (χ4n) is 5.34. The van der Waals surface area contributed by atoms with E-state index in [4.69, 9.17) is 18.9 Å². The number of ketones is 1. The zero-order chi connectivity index (χ0) is 21.9. The number of rotatable bonds is 3. The summed E-state index contributed by atoms with van der Waals surface area (Å²) in [6, 6.07) is 17.5. The zero-order valence-corrected chi connectivity index (χ0v) is 17.9. The largest absolute Gasteiger partial charge is 0.454 e. The third-order valence-corrected chi connectivity index (χ3v) is 6.89. The quantitative estimate of drug-likeness (QED) is 0.545. The summed E-state index contributed by atoms with van der Waals surface area (Å²) in [7, 11) is 0. The van der Waals surface area contributed by atoms with Gasteiger partial charge in [0, 0.05) is 35.4 Å². The minimum Gasteiger partial charge on any atom is -0.454 e. The summed E-state index contributed by atoms with van der Waals surface area (Å²) in [4.78, 5) is 15.7. The van der Waals surface area contributed by atoms with E-state index in [1.54, 1.807) is 0 Å². The van der Waals surface area contributed by atoms with Gasteiger partial charge in [0.2, 0.25) is 13.6 Å². The van der Waals surface area contributed by atoms with Crippen molar-refractivity contribution in [2.45, 2.75) is 18.9 Å². The summed E-state index contributed by atoms with van der Waals surface area (Å²) in [6.07, 6.45) is 3.41. The molecular formula is C27H21NO5. The number of Topliss-reactive ketones (excluding diaryl/α,β-unsaturated/α-hetero) is 1. The monoisotopic (exact) mass is 439 g/mol. The maximum atomic E-state index is 13.3. The standard InChI is InChI=1S/C27H21NO5/c29-22(16-4-2-1-3-5-16)13-21-26-18(6-7-23-27(26)33-15-30-23)10-20-19-12-25-24(31-14-32-25)11-17(19)8-9-28(20)21/h1-7,10-12,21H,8-9,13-15H2. The van der Waals surface area contributed by atoms with Crippen molar-refractivity contribution in [2.24, 2.45) is 0 Å². The molecule has 0 N–H and O–H groups in total. The molecule has 0 aromatic heterocycles. The molecule has 0 spiro atoms. The van der Waals surface area contributed by atoms with Crippen LogP contribution in [0.25, 0.3) is 11.8 Å². The number of nitrogens with zero attached hydrogens (tertiary/aromatic N) is 1. The number of hydrogen-bond donors (Lipinski definition) is 0. The van der Waals surface area contributed by atoms with Crippen molar-refractivity contribution >= 4 is 17.6 Å². The van der Waals surface area contributed by atoms with E-state index < -0.39 is 0 Å². The molecule has 1 unspecified atom stereocenters. The van der Waals surface area contributed by atoms with Gasteiger partial charge in [-0.3, -0.25) is 4.79 Å². The maximum Gasteiger partial charge on any atom is 0.231 e. The molecule has 3 aromatic rings. The lowest BCUT2D eigenvalue weighted by atomic mass is 9.83. The third kappa shape index (κ3) is 2.83. The van der Waals surface area contributed by atoms with Gasteiger partial charge in [-0.1, -0.05) is 36.4 Å². The van der Waals surface area contributed by atoms with Crippen LogP contribution in [-0.4, -0.2) is 30.8 Å². The van der Waals surface area contributed by atoms with Gasteiger partial charge in [-0.15, -0.1) is 0 Å². The minimum absolute atomic E-state index is 0.112. The highest BCUT2D eigenvalue weighted by molar-refractivity contribution is 5.97. The van der Waals surface area contributed by atoms with Crippen LogP contribution in [0.4, 0.5) is 0 Å². The van der Waals surface area contributed by atoms with E-state index in [-0.39, 0.29) is 25.4 Å². The Morgan fingerprint density at radius 2 is 1.70 bits per heavy atom. The molecule has 0 radical (unpaired) electrons. The average Bonchev–Trinajstić information content (AvgIpc) is 3.52. The van der Waals surface area contributed by atoms with E-state index in [1.807, 2.05) is 36.4 Å². The molecule has 1 atom stereocenters. The SMILES string of the molecule is O=C(CC1c2c(ccc3c2OCO3)C=C2c3cc4c(cc3CCN21)OCO4)c1ccccc1. The molecule has 4 aliphatic heterocycles. The van der Waals surface area contributed by atoms with Crippen LogP contribution in [0.5, 0.6) is 23.0 Å². The van der Waals surface area contributed by atoms with Crippen molar-refractivity contribution in [2.75, 3.05) is 20.1 Å². The van der Waals surface area contributed by atoms with E-state index in [0.29, 0.717) is 6.42 Å². The second-order valence-electron chi connectivity index (χ2n) is 8.65. The lowest BCUT2D eigenvalue weighted by Gasteiger charge is -2.43. The highest BCUT2D eigenvalue weighted by Crippen LogP contribution is 2.51. The number of fused-ring (bicyclic) bond motifs is 7. The molecule has 0 fully saturated rings. The molecule has 7 rings (SSSR count). The molecule has 4 aliphatic rings. The number of carbonyl (C=O) groups excluding carboxylic acids is 1. The van der Waals surface area contributed by atoms with Crippen molar-refractivity contribution < 1.29 is 23.7 Å². The molecule has 4 heterocycles. The van der Waals surface area contributed by atoms with Gasteiger partial charge in [-0.05, 0) is 41.8 Å². The molecular weight excluding hydrogens is 418 g/mol. The summed E-state index contributed by atoms with van der Waals surface area (Å²) < 4.78 is 22.8. The first-order valence-electron chi connectivity index (χ1n) is 11.2. The van der Waals surface area contributed by atoms with Crippen molar-refractivity contribution in [3.8, 4) is 23.0 Å². The zero-order valence-electron chi connectivity index (χ0n) is 17.9. The Bertz CT molecular complexity index is 1330. The second-order valence-corrected chi connectivity index (χ2v) is 8.65. The Morgan fingerprint density at radius 3 is 2.58 bits per heavy atom. The Hall–Kier alpha value is -3.93. The molecule has 3 aromatic carbocycles. The van der Waals surface area contributed by atoms with Crippen LogP contribution in [0, 0.1) is 0 Å². The molecule has 164 valence electrons. The fraction of sp³-hybridized carbons (Fsp3) is 0.222.